The quantitative estimate of drug-likeness (QED) is 0.870. The normalized spacial score (nSPS) is 10.4. The Labute approximate surface area is 113 Å². The van der Waals surface area contributed by atoms with E-state index in [1.54, 1.807) is 12.1 Å². The molecule has 2 aromatic rings. The lowest BCUT2D eigenvalue weighted by Gasteiger charge is -2.08. The van der Waals surface area contributed by atoms with Gasteiger partial charge in [0.05, 0.1) is 4.47 Å². The molecule has 0 saturated heterocycles. The van der Waals surface area contributed by atoms with E-state index in [1.165, 1.54) is 18.2 Å². The lowest BCUT2D eigenvalue weighted by molar-refractivity contribution is 0.620. The Bertz CT molecular complexity index is 549. The third-order valence-corrected chi connectivity index (χ3v) is 3.13. The number of benzene rings is 2. The number of nitrogens with one attached hydrogen (secondary N) is 1. The first-order valence-corrected chi connectivity index (χ1v) is 6.29. The number of halogens is 3. The second-order valence-electron chi connectivity index (χ2n) is 4.12. The van der Waals surface area contributed by atoms with E-state index in [0.29, 0.717) is 16.7 Å². The van der Waals surface area contributed by atoms with Crippen LogP contribution in [0.1, 0.15) is 11.1 Å². The molecule has 4 heteroatoms. The van der Waals surface area contributed by atoms with E-state index in [9.17, 15) is 8.78 Å². The second kappa shape index (κ2) is 5.48. The van der Waals surface area contributed by atoms with Crippen LogP contribution in [-0.4, -0.2) is 0 Å². The molecule has 0 aliphatic rings. The van der Waals surface area contributed by atoms with Crippen molar-refractivity contribution in [3.8, 4) is 0 Å². The van der Waals surface area contributed by atoms with Gasteiger partial charge in [-0.15, -0.1) is 0 Å². The van der Waals surface area contributed by atoms with Gasteiger partial charge in [0, 0.05) is 12.2 Å². The summed E-state index contributed by atoms with van der Waals surface area (Å²) in [6, 6.07) is 9.57. The molecule has 0 aromatic heterocycles. The Kier molecular flexibility index (Phi) is 3.97. The molecule has 1 nitrogen and oxygen atoms in total. The van der Waals surface area contributed by atoms with Gasteiger partial charge in [-0.3, -0.25) is 0 Å². The summed E-state index contributed by atoms with van der Waals surface area (Å²) in [5.41, 5.74) is 2.50. The fourth-order valence-electron chi connectivity index (χ4n) is 1.69. The molecule has 0 saturated carbocycles. The van der Waals surface area contributed by atoms with Crippen molar-refractivity contribution in [1.29, 1.82) is 0 Å². The van der Waals surface area contributed by atoms with Gasteiger partial charge in [0.15, 0.2) is 0 Å². The van der Waals surface area contributed by atoms with Crippen molar-refractivity contribution in [3.63, 3.8) is 0 Å². The van der Waals surface area contributed by atoms with Crippen LogP contribution in [0.3, 0.4) is 0 Å². The van der Waals surface area contributed by atoms with Crippen molar-refractivity contribution in [2.45, 2.75) is 13.5 Å². The van der Waals surface area contributed by atoms with Crippen LogP contribution in [0.15, 0.2) is 40.9 Å². The molecule has 0 spiro atoms. The lowest BCUT2D eigenvalue weighted by atomic mass is 10.2. The minimum atomic E-state index is -0.291. The van der Waals surface area contributed by atoms with E-state index in [4.69, 9.17) is 0 Å². The molecule has 0 aliphatic heterocycles. The van der Waals surface area contributed by atoms with E-state index in [2.05, 4.69) is 21.2 Å². The van der Waals surface area contributed by atoms with Crippen LogP contribution in [0, 0.1) is 18.6 Å². The SMILES string of the molecule is Cc1cc(F)cc(NCc2ccc(F)c(Br)c2)c1. The topological polar surface area (TPSA) is 12.0 Å². The molecule has 0 heterocycles. The molecule has 18 heavy (non-hydrogen) atoms. The lowest BCUT2D eigenvalue weighted by Crippen LogP contribution is -2.00. The highest BCUT2D eigenvalue weighted by Gasteiger charge is 2.01. The Morgan fingerprint density at radius 1 is 1.11 bits per heavy atom. The predicted molar refractivity (Wildman–Crippen MR) is 72.6 cm³/mol. The largest absolute Gasteiger partial charge is 0.381 e. The highest BCUT2D eigenvalue weighted by atomic mass is 79.9. The van der Waals surface area contributed by atoms with Gasteiger partial charge in [-0.05, 0) is 64.3 Å². The first-order valence-electron chi connectivity index (χ1n) is 5.49. The first kappa shape index (κ1) is 13.0. The van der Waals surface area contributed by atoms with Crippen molar-refractivity contribution in [2.24, 2.45) is 0 Å². The van der Waals surface area contributed by atoms with Gasteiger partial charge in [0.2, 0.25) is 0 Å². The number of anilines is 1. The van der Waals surface area contributed by atoms with E-state index in [0.717, 1.165) is 11.1 Å². The van der Waals surface area contributed by atoms with Crippen molar-refractivity contribution in [3.05, 3.63) is 63.6 Å². The summed E-state index contributed by atoms with van der Waals surface area (Å²) >= 11 is 3.13. The highest BCUT2D eigenvalue weighted by molar-refractivity contribution is 9.10. The number of hydrogen-bond donors (Lipinski definition) is 1. The highest BCUT2D eigenvalue weighted by Crippen LogP contribution is 2.19. The number of hydrogen-bond acceptors (Lipinski definition) is 1. The molecule has 0 fully saturated rings. The summed E-state index contributed by atoms with van der Waals surface area (Å²) in [5.74, 6) is -0.557. The molecule has 2 aromatic carbocycles. The van der Waals surface area contributed by atoms with Crippen LogP contribution < -0.4 is 5.32 Å². The van der Waals surface area contributed by atoms with Crippen molar-refractivity contribution in [1.82, 2.24) is 0 Å². The van der Waals surface area contributed by atoms with Gasteiger partial charge in [0.1, 0.15) is 11.6 Å². The van der Waals surface area contributed by atoms with E-state index in [-0.39, 0.29) is 11.6 Å². The maximum Gasteiger partial charge on any atom is 0.137 e. The zero-order chi connectivity index (χ0) is 13.1. The summed E-state index contributed by atoms with van der Waals surface area (Å²) in [6.07, 6.45) is 0. The van der Waals surface area contributed by atoms with Gasteiger partial charge in [-0.2, -0.15) is 0 Å². The second-order valence-corrected chi connectivity index (χ2v) is 4.97. The predicted octanol–water partition coefficient (Wildman–Crippen LogP) is 4.65. The fourth-order valence-corrected chi connectivity index (χ4v) is 2.12. The van der Waals surface area contributed by atoms with Crippen LogP contribution in [-0.2, 0) is 6.54 Å². The summed E-state index contributed by atoms with van der Waals surface area (Å²) in [7, 11) is 0. The smallest absolute Gasteiger partial charge is 0.137 e. The van der Waals surface area contributed by atoms with Crippen LogP contribution in [0.5, 0.6) is 0 Å². The third-order valence-electron chi connectivity index (χ3n) is 2.52. The Balaban J connectivity index is 2.08. The zero-order valence-corrected chi connectivity index (χ0v) is 11.4. The minimum Gasteiger partial charge on any atom is -0.381 e. The van der Waals surface area contributed by atoms with Gasteiger partial charge in [-0.1, -0.05) is 6.07 Å². The standard InChI is InChI=1S/C14H12BrF2N/c1-9-4-11(16)7-12(5-9)18-8-10-2-3-14(17)13(15)6-10/h2-7,18H,8H2,1H3. The summed E-state index contributed by atoms with van der Waals surface area (Å²) < 4.78 is 26.7. The summed E-state index contributed by atoms with van der Waals surface area (Å²) in [5, 5.41) is 3.11. The molecule has 0 aliphatic carbocycles. The monoisotopic (exact) mass is 311 g/mol. The van der Waals surface area contributed by atoms with Gasteiger partial charge >= 0.3 is 0 Å². The molecule has 0 amide bonds. The molecule has 94 valence electrons. The van der Waals surface area contributed by atoms with E-state index < -0.39 is 0 Å². The number of rotatable bonds is 3. The maximum atomic E-state index is 13.2. The Morgan fingerprint density at radius 3 is 2.56 bits per heavy atom. The van der Waals surface area contributed by atoms with Gasteiger partial charge in [-0.25, -0.2) is 8.78 Å². The van der Waals surface area contributed by atoms with E-state index >= 15 is 0 Å². The third kappa shape index (κ3) is 3.29. The molecular weight excluding hydrogens is 300 g/mol. The van der Waals surface area contributed by atoms with Crippen molar-refractivity contribution >= 4 is 21.6 Å². The molecule has 0 radical (unpaired) electrons. The Morgan fingerprint density at radius 2 is 1.89 bits per heavy atom. The first-order chi connectivity index (χ1) is 8.54. The minimum absolute atomic E-state index is 0.266. The molecule has 0 bridgehead atoms. The van der Waals surface area contributed by atoms with Crippen molar-refractivity contribution < 1.29 is 8.78 Å². The van der Waals surface area contributed by atoms with Crippen LogP contribution in [0.2, 0.25) is 0 Å². The Hall–Kier alpha value is -1.42. The maximum absolute atomic E-state index is 13.2. The van der Waals surface area contributed by atoms with Crippen molar-refractivity contribution in [2.75, 3.05) is 5.32 Å². The van der Waals surface area contributed by atoms with Gasteiger partial charge in [0.25, 0.3) is 0 Å². The van der Waals surface area contributed by atoms with Crippen LogP contribution in [0.25, 0.3) is 0 Å². The zero-order valence-electron chi connectivity index (χ0n) is 9.81. The summed E-state index contributed by atoms with van der Waals surface area (Å²) in [6.45, 7) is 2.35. The molecule has 2 rings (SSSR count). The number of aryl methyl sites for hydroxylation is 1. The van der Waals surface area contributed by atoms with Crippen LogP contribution >= 0.6 is 15.9 Å². The molecule has 1 N–H and O–H groups in total. The fraction of sp³-hybridized carbons (Fsp3) is 0.143. The van der Waals surface area contributed by atoms with E-state index in [1.807, 2.05) is 13.0 Å². The molecule has 0 unspecified atom stereocenters. The van der Waals surface area contributed by atoms with Crippen LogP contribution in [0.4, 0.5) is 14.5 Å². The summed E-state index contributed by atoms with van der Waals surface area (Å²) in [4.78, 5) is 0. The average Bonchev–Trinajstić information content (AvgIpc) is 2.29. The van der Waals surface area contributed by atoms with Gasteiger partial charge < -0.3 is 5.32 Å². The molecule has 0 atom stereocenters. The molecular formula is C14H12BrF2N. The average molecular weight is 312 g/mol.